The molecule has 1 fully saturated rings. The Morgan fingerprint density at radius 2 is 1.91 bits per heavy atom. The second-order valence-corrected chi connectivity index (χ2v) is 7.24. The third-order valence-electron chi connectivity index (χ3n) is 5.40. The van der Waals surface area contributed by atoms with E-state index in [0.717, 1.165) is 6.42 Å². The molecule has 0 bridgehead atoms. The van der Waals surface area contributed by atoms with Crippen molar-refractivity contribution in [2.45, 2.75) is 72.4 Å². The van der Waals surface area contributed by atoms with Crippen molar-refractivity contribution in [3.63, 3.8) is 0 Å². The normalized spacial score (nSPS) is 28.0. The van der Waals surface area contributed by atoms with Crippen LogP contribution in [-0.2, 0) is 14.3 Å². The van der Waals surface area contributed by atoms with Crippen LogP contribution in [0.4, 0.5) is 0 Å². The first-order valence-corrected chi connectivity index (χ1v) is 8.28. The van der Waals surface area contributed by atoms with Gasteiger partial charge in [0.1, 0.15) is 5.54 Å². The molecule has 0 saturated heterocycles. The van der Waals surface area contributed by atoms with E-state index in [4.69, 9.17) is 4.74 Å². The fourth-order valence-electron chi connectivity index (χ4n) is 3.42. The number of nitrogens with one attached hydrogen (secondary N) is 1. The van der Waals surface area contributed by atoms with Gasteiger partial charge in [0.2, 0.25) is 5.91 Å². The minimum absolute atomic E-state index is 0.138. The quantitative estimate of drug-likeness (QED) is 0.722. The van der Waals surface area contributed by atoms with Gasteiger partial charge in [-0.3, -0.25) is 4.79 Å². The first kappa shape index (κ1) is 18.9. The Labute approximate surface area is 133 Å². The van der Waals surface area contributed by atoms with Crippen molar-refractivity contribution in [3.8, 4) is 0 Å². The number of aliphatic carboxylic acids is 1. The van der Waals surface area contributed by atoms with Crippen LogP contribution in [0.5, 0.6) is 0 Å². The van der Waals surface area contributed by atoms with E-state index in [2.05, 4.69) is 26.1 Å². The summed E-state index contributed by atoms with van der Waals surface area (Å²) in [5, 5.41) is 12.5. The zero-order valence-corrected chi connectivity index (χ0v) is 14.7. The van der Waals surface area contributed by atoms with Crippen LogP contribution in [0.25, 0.3) is 0 Å². The van der Waals surface area contributed by atoms with Gasteiger partial charge in [-0.15, -0.1) is 0 Å². The van der Waals surface area contributed by atoms with Gasteiger partial charge < -0.3 is 15.2 Å². The average Bonchev–Trinajstić information content (AvgIpc) is 2.42. The van der Waals surface area contributed by atoms with Crippen LogP contribution in [0.15, 0.2) is 0 Å². The number of rotatable bonds is 8. The molecule has 128 valence electrons. The van der Waals surface area contributed by atoms with E-state index in [1.165, 1.54) is 0 Å². The van der Waals surface area contributed by atoms with Gasteiger partial charge in [0.05, 0.1) is 6.10 Å². The number of amides is 1. The summed E-state index contributed by atoms with van der Waals surface area (Å²) in [6.07, 6.45) is 1.48. The van der Waals surface area contributed by atoms with Gasteiger partial charge in [-0.2, -0.15) is 0 Å². The van der Waals surface area contributed by atoms with E-state index >= 15 is 0 Å². The van der Waals surface area contributed by atoms with Crippen molar-refractivity contribution in [2.75, 3.05) is 6.61 Å². The standard InChI is InChI=1S/C17H31NO4/c1-7-12(11(3)4)9-14(19)18-17(15(20)21)10-13(22-8-2)16(17,5)6/h11-13H,7-10H2,1-6H3,(H,18,19)(H,20,21). The molecule has 0 aromatic rings. The van der Waals surface area contributed by atoms with Crippen molar-refractivity contribution >= 4 is 11.9 Å². The molecule has 0 heterocycles. The molecule has 0 aliphatic heterocycles. The Morgan fingerprint density at radius 3 is 2.27 bits per heavy atom. The molecule has 5 nitrogen and oxygen atoms in total. The number of hydrogen-bond acceptors (Lipinski definition) is 3. The molecule has 1 aliphatic rings. The van der Waals surface area contributed by atoms with E-state index in [9.17, 15) is 14.7 Å². The fraction of sp³-hybridized carbons (Fsp3) is 0.882. The number of carbonyl (C=O) groups excluding carboxylic acids is 1. The Morgan fingerprint density at radius 1 is 1.32 bits per heavy atom. The number of ether oxygens (including phenoxy) is 1. The number of carboxylic acid groups (broad SMARTS) is 1. The van der Waals surface area contributed by atoms with Crippen molar-refractivity contribution < 1.29 is 19.4 Å². The second kappa shape index (κ2) is 6.99. The van der Waals surface area contributed by atoms with Crippen molar-refractivity contribution in [1.29, 1.82) is 0 Å². The van der Waals surface area contributed by atoms with E-state index in [-0.39, 0.29) is 17.9 Å². The molecule has 0 spiro atoms. The summed E-state index contributed by atoms with van der Waals surface area (Å²) in [5.41, 5.74) is -1.84. The molecule has 1 amide bonds. The van der Waals surface area contributed by atoms with Crippen LogP contribution in [0.3, 0.4) is 0 Å². The largest absolute Gasteiger partial charge is 0.479 e. The smallest absolute Gasteiger partial charge is 0.330 e. The molecule has 3 atom stereocenters. The highest BCUT2D eigenvalue weighted by molar-refractivity contribution is 5.89. The minimum atomic E-state index is -1.22. The molecule has 0 aromatic heterocycles. The summed E-state index contributed by atoms with van der Waals surface area (Å²) in [4.78, 5) is 24.2. The van der Waals surface area contributed by atoms with Gasteiger partial charge in [-0.25, -0.2) is 4.79 Å². The first-order chi connectivity index (χ1) is 10.1. The van der Waals surface area contributed by atoms with Gasteiger partial charge in [-0.05, 0) is 18.8 Å². The summed E-state index contributed by atoms with van der Waals surface area (Å²) < 4.78 is 5.61. The third kappa shape index (κ3) is 3.29. The Hall–Kier alpha value is -1.10. The van der Waals surface area contributed by atoms with Gasteiger partial charge >= 0.3 is 5.97 Å². The molecule has 0 aromatic carbocycles. The zero-order valence-electron chi connectivity index (χ0n) is 14.7. The molecular formula is C17H31NO4. The van der Waals surface area contributed by atoms with Gasteiger partial charge in [0.15, 0.2) is 0 Å². The van der Waals surface area contributed by atoms with E-state index in [1.807, 2.05) is 20.8 Å². The predicted molar refractivity (Wildman–Crippen MR) is 85.6 cm³/mol. The lowest BCUT2D eigenvalue weighted by Gasteiger charge is -2.58. The number of hydrogen-bond donors (Lipinski definition) is 2. The van der Waals surface area contributed by atoms with E-state index in [0.29, 0.717) is 25.4 Å². The molecule has 22 heavy (non-hydrogen) atoms. The van der Waals surface area contributed by atoms with Gasteiger partial charge in [-0.1, -0.05) is 41.0 Å². The molecule has 0 radical (unpaired) electrons. The van der Waals surface area contributed by atoms with Gasteiger partial charge in [0, 0.05) is 24.9 Å². The lowest BCUT2D eigenvalue weighted by atomic mass is 9.54. The van der Waals surface area contributed by atoms with Crippen LogP contribution in [0.2, 0.25) is 0 Å². The summed E-state index contributed by atoms with van der Waals surface area (Å²) in [6, 6.07) is 0. The average molecular weight is 313 g/mol. The Bertz CT molecular complexity index is 419. The summed E-state index contributed by atoms with van der Waals surface area (Å²) in [7, 11) is 0. The molecule has 1 saturated carbocycles. The highest BCUT2D eigenvalue weighted by Crippen LogP contribution is 2.51. The van der Waals surface area contributed by atoms with Crippen LogP contribution in [-0.4, -0.2) is 35.2 Å². The van der Waals surface area contributed by atoms with Crippen LogP contribution >= 0.6 is 0 Å². The van der Waals surface area contributed by atoms with Crippen molar-refractivity contribution in [1.82, 2.24) is 5.32 Å². The lowest BCUT2D eigenvalue weighted by molar-refractivity contribution is -0.194. The summed E-state index contributed by atoms with van der Waals surface area (Å²) >= 11 is 0. The maximum Gasteiger partial charge on any atom is 0.330 e. The minimum Gasteiger partial charge on any atom is -0.479 e. The summed E-state index contributed by atoms with van der Waals surface area (Å²) in [6.45, 7) is 12.4. The van der Waals surface area contributed by atoms with Crippen LogP contribution < -0.4 is 5.32 Å². The van der Waals surface area contributed by atoms with E-state index < -0.39 is 16.9 Å². The Kier molecular flexibility index (Phi) is 6.02. The fourth-order valence-corrected chi connectivity index (χ4v) is 3.42. The van der Waals surface area contributed by atoms with Crippen LogP contribution in [0.1, 0.15) is 60.8 Å². The number of carboxylic acids is 1. The zero-order chi connectivity index (χ0) is 17.1. The molecule has 3 unspecified atom stereocenters. The monoisotopic (exact) mass is 313 g/mol. The predicted octanol–water partition coefficient (Wildman–Crippen LogP) is 2.83. The molecule has 5 heteroatoms. The van der Waals surface area contributed by atoms with Crippen molar-refractivity contribution in [2.24, 2.45) is 17.3 Å². The SMILES string of the molecule is CCOC1CC(NC(=O)CC(CC)C(C)C)(C(=O)O)C1(C)C. The van der Waals surface area contributed by atoms with Gasteiger partial charge in [0.25, 0.3) is 0 Å². The maximum atomic E-state index is 12.4. The highest BCUT2D eigenvalue weighted by Gasteiger charge is 2.66. The van der Waals surface area contributed by atoms with Crippen molar-refractivity contribution in [3.05, 3.63) is 0 Å². The first-order valence-electron chi connectivity index (χ1n) is 8.28. The topological polar surface area (TPSA) is 75.6 Å². The molecule has 1 rings (SSSR count). The second-order valence-electron chi connectivity index (χ2n) is 7.24. The number of carbonyl (C=O) groups is 2. The van der Waals surface area contributed by atoms with Crippen LogP contribution in [0, 0.1) is 17.3 Å². The van der Waals surface area contributed by atoms with E-state index in [1.54, 1.807) is 0 Å². The Balaban J connectivity index is 2.83. The molecule has 2 N–H and O–H groups in total. The molecule has 1 aliphatic carbocycles. The molecular weight excluding hydrogens is 282 g/mol. The lowest BCUT2D eigenvalue weighted by Crippen LogP contribution is -2.76. The highest BCUT2D eigenvalue weighted by atomic mass is 16.5. The third-order valence-corrected chi connectivity index (χ3v) is 5.40. The maximum absolute atomic E-state index is 12.4. The summed E-state index contributed by atoms with van der Waals surface area (Å²) in [5.74, 6) is -0.468.